The van der Waals surface area contributed by atoms with Crippen molar-refractivity contribution >= 4 is 11.8 Å². The zero-order valence-electron chi connectivity index (χ0n) is 19.2. The normalized spacial score (nSPS) is 14.9. The van der Waals surface area contributed by atoms with Gasteiger partial charge in [-0.05, 0) is 56.2 Å². The highest BCUT2D eigenvalue weighted by molar-refractivity contribution is 5.87. The Kier molecular flexibility index (Phi) is 8.27. The van der Waals surface area contributed by atoms with Gasteiger partial charge in [0.2, 0.25) is 11.8 Å². The summed E-state index contributed by atoms with van der Waals surface area (Å²) >= 11 is 0. The van der Waals surface area contributed by atoms with Gasteiger partial charge >= 0.3 is 0 Å². The van der Waals surface area contributed by atoms with Gasteiger partial charge in [-0.2, -0.15) is 0 Å². The first-order valence-electron chi connectivity index (χ1n) is 11.7. The molecular weight excluding hydrogens is 384 g/mol. The topological polar surface area (TPSA) is 49.4 Å². The molecule has 0 aromatic heterocycles. The maximum atomic E-state index is 13.2. The van der Waals surface area contributed by atoms with Crippen molar-refractivity contribution in [2.75, 3.05) is 0 Å². The maximum Gasteiger partial charge on any atom is 0.242 e. The number of hydrogen-bond acceptors (Lipinski definition) is 2. The summed E-state index contributed by atoms with van der Waals surface area (Å²) in [6.07, 6.45) is 6.51. The number of nitrogens with zero attached hydrogens (tertiary/aromatic N) is 1. The third kappa shape index (κ3) is 6.68. The molecule has 2 amide bonds. The van der Waals surface area contributed by atoms with Gasteiger partial charge in [-0.1, -0.05) is 73.9 Å². The quantitative estimate of drug-likeness (QED) is 0.623. The van der Waals surface area contributed by atoms with Crippen LogP contribution in [0.25, 0.3) is 0 Å². The van der Waals surface area contributed by atoms with E-state index < -0.39 is 6.04 Å². The van der Waals surface area contributed by atoms with Crippen LogP contribution in [-0.2, 0) is 29.0 Å². The van der Waals surface area contributed by atoms with Crippen LogP contribution in [0.4, 0.5) is 0 Å². The minimum atomic E-state index is -0.489. The van der Waals surface area contributed by atoms with Crippen LogP contribution in [0.2, 0.25) is 0 Å². The standard InChI is InChI=1S/C27H36N2O2/c1-4-22-13-15-23(16-14-22)17-18-26(30)29(19-24-11-9-20(2)10-12-24)21(3)27(31)28-25-7-5-6-8-25/h9-16,21,25H,4-8,17-19H2,1-3H3,(H,28,31)/t21-/m0/s1. The van der Waals surface area contributed by atoms with E-state index in [0.29, 0.717) is 19.4 Å². The third-order valence-electron chi connectivity index (χ3n) is 6.40. The molecule has 2 aromatic rings. The van der Waals surface area contributed by atoms with Crippen LogP contribution in [0, 0.1) is 6.92 Å². The fourth-order valence-corrected chi connectivity index (χ4v) is 4.20. The zero-order valence-corrected chi connectivity index (χ0v) is 19.2. The van der Waals surface area contributed by atoms with E-state index >= 15 is 0 Å². The Balaban J connectivity index is 1.68. The lowest BCUT2D eigenvalue weighted by Crippen LogP contribution is -2.49. The van der Waals surface area contributed by atoms with Crippen LogP contribution in [0.3, 0.4) is 0 Å². The monoisotopic (exact) mass is 420 g/mol. The second kappa shape index (κ2) is 11.1. The van der Waals surface area contributed by atoms with Crippen molar-refractivity contribution in [1.29, 1.82) is 0 Å². The molecule has 4 nitrogen and oxygen atoms in total. The molecular formula is C27H36N2O2. The van der Waals surface area contributed by atoms with Crippen LogP contribution in [0.5, 0.6) is 0 Å². The van der Waals surface area contributed by atoms with E-state index in [-0.39, 0.29) is 17.9 Å². The summed E-state index contributed by atoms with van der Waals surface area (Å²) in [4.78, 5) is 27.9. The predicted octanol–water partition coefficient (Wildman–Crippen LogP) is 4.97. The Morgan fingerprint density at radius 3 is 2.16 bits per heavy atom. The molecule has 0 radical (unpaired) electrons. The first-order valence-corrected chi connectivity index (χ1v) is 11.7. The van der Waals surface area contributed by atoms with E-state index in [0.717, 1.165) is 30.4 Å². The molecule has 1 saturated carbocycles. The van der Waals surface area contributed by atoms with Gasteiger partial charge in [-0.25, -0.2) is 0 Å². The fraction of sp³-hybridized carbons (Fsp3) is 0.481. The zero-order chi connectivity index (χ0) is 22.2. The molecule has 1 N–H and O–H groups in total. The van der Waals surface area contributed by atoms with Crippen molar-refractivity contribution in [3.8, 4) is 0 Å². The molecule has 1 aliphatic carbocycles. The van der Waals surface area contributed by atoms with E-state index in [1.165, 1.54) is 24.0 Å². The number of aryl methyl sites for hydroxylation is 3. The SMILES string of the molecule is CCc1ccc(CCC(=O)N(Cc2ccc(C)cc2)[C@@H](C)C(=O)NC2CCCC2)cc1. The van der Waals surface area contributed by atoms with Gasteiger partial charge in [-0.3, -0.25) is 9.59 Å². The minimum absolute atomic E-state index is 0.0224. The molecule has 0 bridgehead atoms. The van der Waals surface area contributed by atoms with Crippen molar-refractivity contribution < 1.29 is 9.59 Å². The van der Waals surface area contributed by atoms with Gasteiger partial charge in [0.05, 0.1) is 0 Å². The fourth-order valence-electron chi connectivity index (χ4n) is 4.20. The van der Waals surface area contributed by atoms with Crippen molar-refractivity contribution in [3.63, 3.8) is 0 Å². The molecule has 0 spiro atoms. The molecule has 2 aromatic carbocycles. The molecule has 1 atom stereocenters. The number of amides is 2. The molecule has 0 unspecified atom stereocenters. The Morgan fingerprint density at radius 2 is 1.55 bits per heavy atom. The number of nitrogens with one attached hydrogen (secondary N) is 1. The van der Waals surface area contributed by atoms with E-state index in [4.69, 9.17) is 0 Å². The highest BCUT2D eigenvalue weighted by Crippen LogP contribution is 2.19. The summed E-state index contributed by atoms with van der Waals surface area (Å²) < 4.78 is 0. The molecule has 4 heteroatoms. The van der Waals surface area contributed by atoms with Crippen molar-refractivity contribution in [2.45, 2.75) is 84.3 Å². The van der Waals surface area contributed by atoms with Gasteiger partial charge in [0.1, 0.15) is 6.04 Å². The van der Waals surface area contributed by atoms with Crippen molar-refractivity contribution in [3.05, 3.63) is 70.8 Å². The molecule has 0 aliphatic heterocycles. The largest absolute Gasteiger partial charge is 0.352 e. The van der Waals surface area contributed by atoms with Crippen LogP contribution >= 0.6 is 0 Å². The Hall–Kier alpha value is -2.62. The summed E-state index contributed by atoms with van der Waals surface area (Å²) in [6.45, 7) is 6.49. The van der Waals surface area contributed by atoms with E-state index in [1.807, 2.05) is 26.0 Å². The van der Waals surface area contributed by atoms with Gasteiger partial charge in [-0.15, -0.1) is 0 Å². The van der Waals surface area contributed by atoms with Crippen molar-refractivity contribution in [2.24, 2.45) is 0 Å². The van der Waals surface area contributed by atoms with Crippen LogP contribution < -0.4 is 5.32 Å². The van der Waals surface area contributed by atoms with Gasteiger partial charge in [0.15, 0.2) is 0 Å². The molecule has 3 rings (SSSR count). The van der Waals surface area contributed by atoms with Gasteiger partial charge in [0, 0.05) is 19.0 Å². The highest BCUT2D eigenvalue weighted by Gasteiger charge is 2.28. The lowest BCUT2D eigenvalue weighted by atomic mass is 10.0. The summed E-state index contributed by atoms with van der Waals surface area (Å²) in [6, 6.07) is 16.4. The smallest absolute Gasteiger partial charge is 0.242 e. The summed E-state index contributed by atoms with van der Waals surface area (Å²) in [5, 5.41) is 3.16. The van der Waals surface area contributed by atoms with E-state index in [2.05, 4.69) is 48.6 Å². The lowest BCUT2D eigenvalue weighted by molar-refractivity contribution is -0.140. The van der Waals surface area contributed by atoms with Gasteiger partial charge < -0.3 is 10.2 Å². The number of carbonyl (C=O) groups is 2. The number of carbonyl (C=O) groups excluding carboxylic acids is 2. The lowest BCUT2D eigenvalue weighted by Gasteiger charge is -2.30. The molecule has 31 heavy (non-hydrogen) atoms. The Labute approximate surface area is 187 Å². The van der Waals surface area contributed by atoms with Crippen LogP contribution in [0.15, 0.2) is 48.5 Å². The average molecular weight is 421 g/mol. The number of benzene rings is 2. The first-order chi connectivity index (χ1) is 15.0. The average Bonchev–Trinajstić information content (AvgIpc) is 3.30. The summed E-state index contributed by atoms with van der Waals surface area (Å²) in [5.74, 6) is -0.0196. The maximum absolute atomic E-state index is 13.2. The van der Waals surface area contributed by atoms with E-state index in [1.54, 1.807) is 4.90 Å². The Morgan fingerprint density at radius 1 is 0.968 bits per heavy atom. The van der Waals surface area contributed by atoms with Crippen molar-refractivity contribution in [1.82, 2.24) is 10.2 Å². The van der Waals surface area contributed by atoms with Crippen LogP contribution in [-0.4, -0.2) is 28.8 Å². The summed E-state index contributed by atoms with van der Waals surface area (Å²) in [5.41, 5.74) is 4.69. The molecule has 166 valence electrons. The predicted molar refractivity (Wildman–Crippen MR) is 126 cm³/mol. The third-order valence-corrected chi connectivity index (χ3v) is 6.40. The number of rotatable bonds is 9. The van der Waals surface area contributed by atoms with Crippen LogP contribution in [0.1, 0.15) is 68.2 Å². The minimum Gasteiger partial charge on any atom is -0.352 e. The Bertz CT molecular complexity index is 852. The van der Waals surface area contributed by atoms with Gasteiger partial charge in [0.25, 0.3) is 0 Å². The first kappa shape index (κ1) is 23.1. The van der Waals surface area contributed by atoms with E-state index in [9.17, 15) is 9.59 Å². The second-order valence-electron chi connectivity index (χ2n) is 8.84. The second-order valence-corrected chi connectivity index (χ2v) is 8.84. The summed E-state index contributed by atoms with van der Waals surface area (Å²) in [7, 11) is 0. The molecule has 0 heterocycles. The highest BCUT2D eigenvalue weighted by atomic mass is 16.2. The molecule has 1 aliphatic rings. The number of hydrogen-bond donors (Lipinski definition) is 1. The molecule has 1 fully saturated rings. The molecule has 0 saturated heterocycles.